The smallest absolute Gasteiger partial charge is 0.223 e. The molecule has 7 nitrogen and oxygen atoms in total. The van der Waals surface area contributed by atoms with Gasteiger partial charge in [0.25, 0.3) is 0 Å². The zero-order chi connectivity index (χ0) is 18.6. The Morgan fingerprint density at radius 2 is 1.78 bits per heavy atom. The molecular formula is C19H31IN4O3. The van der Waals surface area contributed by atoms with Gasteiger partial charge in [-0.3, -0.25) is 9.79 Å². The van der Waals surface area contributed by atoms with Gasteiger partial charge in [-0.2, -0.15) is 0 Å². The van der Waals surface area contributed by atoms with Crippen LogP contribution in [0.5, 0.6) is 11.5 Å². The van der Waals surface area contributed by atoms with Gasteiger partial charge < -0.3 is 25.4 Å². The molecule has 1 saturated carbocycles. The molecule has 0 spiro atoms. The third-order valence-corrected chi connectivity index (χ3v) is 3.91. The Kier molecular flexibility index (Phi) is 11.6. The van der Waals surface area contributed by atoms with Crippen LogP contribution in [0.25, 0.3) is 0 Å². The van der Waals surface area contributed by atoms with E-state index in [0.717, 1.165) is 43.3 Å². The van der Waals surface area contributed by atoms with Crippen LogP contribution in [0, 0.1) is 5.92 Å². The van der Waals surface area contributed by atoms with Crippen LogP contribution in [0.4, 0.5) is 0 Å². The van der Waals surface area contributed by atoms with Crippen LogP contribution in [0.1, 0.15) is 26.2 Å². The van der Waals surface area contributed by atoms with Gasteiger partial charge in [0.15, 0.2) is 5.96 Å². The number of carbonyl (C=O) groups excluding carboxylic acids is 1. The molecule has 1 fully saturated rings. The Morgan fingerprint density at radius 1 is 1.11 bits per heavy atom. The lowest BCUT2D eigenvalue weighted by atomic mass is 10.3. The van der Waals surface area contributed by atoms with E-state index < -0.39 is 0 Å². The molecule has 0 radical (unpaired) electrons. The second-order valence-electron chi connectivity index (χ2n) is 6.13. The summed E-state index contributed by atoms with van der Waals surface area (Å²) in [5.41, 5.74) is 0. The number of aliphatic imine (C=N–C) groups is 1. The Morgan fingerprint density at radius 3 is 2.41 bits per heavy atom. The number of amides is 1. The SMILES string of the molecule is CCNC(=NCCCOc1ccc(OC)cc1)NCCNC(=O)C1CC1.I. The summed E-state index contributed by atoms with van der Waals surface area (Å²) in [6.07, 6.45) is 2.88. The molecule has 0 heterocycles. The molecule has 0 atom stereocenters. The second kappa shape index (κ2) is 13.5. The summed E-state index contributed by atoms with van der Waals surface area (Å²) in [7, 11) is 1.64. The number of methoxy groups -OCH3 is 1. The molecule has 0 aliphatic heterocycles. The molecule has 1 aliphatic carbocycles. The van der Waals surface area contributed by atoms with Crippen LogP contribution >= 0.6 is 24.0 Å². The van der Waals surface area contributed by atoms with E-state index in [4.69, 9.17) is 9.47 Å². The Labute approximate surface area is 178 Å². The number of guanidine groups is 1. The van der Waals surface area contributed by atoms with E-state index in [0.29, 0.717) is 26.2 Å². The zero-order valence-corrected chi connectivity index (χ0v) is 18.5. The lowest BCUT2D eigenvalue weighted by Gasteiger charge is -2.12. The molecule has 0 aromatic heterocycles. The van der Waals surface area contributed by atoms with Crippen LogP contribution in [-0.4, -0.2) is 51.8 Å². The number of nitrogens with zero attached hydrogens (tertiary/aromatic N) is 1. The van der Waals surface area contributed by atoms with E-state index in [2.05, 4.69) is 20.9 Å². The summed E-state index contributed by atoms with van der Waals surface area (Å²) < 4.78 is 10.8. The number of rotatable bonds is 11. The summed E-state index contributed by atoms with van der Waals surface area (Å²) in [6, 6.07) is 7.54. The predicted molar refractivity (Wildman–Crippen MR) is 118 cm³/mol. The van der Waals surface area contributed by atoms with Gasteiger partial charge >= 0.3 is 0 Å². The molecular weight excluding hydrogens is 459 g/mol. The van der Waals surface area contributed by atoms with Crippen LogP contribution in [-0.2, 0) is 4.79 Å². The van der Waals surface area contributed by atoms with Crippen molar-refractivity contribution >= 4 is 35.8 Å². The largest absolute Gasteiger partial charge is 0.497 e. The highest BCUT2D eigenvalue weighted by molar-refractivity contribution is 14.0. The molecule has 1 amide bonds. The minimum Gasteiger partial charge on any atom is -0.497 e. The molecule has 152 valence electrons. The van der Waals surface area contributed by atoms with Crippen molar-refractivity contribution in [1.29, 1.82) is 0 Å². The summed E-state index contributed by atoms with van der Waals surface area (Å²) in [5.74, 6) is 2.83. The quantitative estimate of drug-likeness (QED) is 0.192. The normalized spacial score (nSPS) is 13.3. The minimum atomic E-state index is 0. The molecule has 3 N–H and O–H groups in total. The number of hydrogen-bond donors (Lipinski definition) is 3. The van der Waals surface area contributed by atoms with Gasteiger partial charge in [-0.25, -0.2) is 0 Å². The van der Waals surface area contributed by atoms with Gasteiger partial charge in [-0.05, 0) is 44.0 Å². The van der Waals surface area contributed by atoms with Gasteiger partial charge in [0, 0.05) is 38.5 Å². The van der Waals surface area contributed by atoms with Crippen molar-refractivity contribution in [3.63, 3.8) is 0 Å². The molecule has 1 aliphatic rings. The fourth-order valence-corrected chi connectivity index (χ4v) is 2.32. The topological polar surface area (TPSA) is 84.0 Å². The van der Waals surface area contributed by atoms with Crippen molar-refractivity contribution in [2.75, 3.05) is 39.9 Å². The van der Waals surface area contributed by atoms with Gasteiger partial charge in [0.05, 0.1) is 13.7 Å². The van der Waals surface area contributed by atoms with Crippen molar-refractivity contribution in [3.8, 4) is 11.5 Å². The number of halogens is 1. The van der Waals surface area contributed by atoms with Gasteiger partial charge in [-0.15, -0.1) is 24.0 Å². The number of nitrogens with one attached hydrogen (secondary N) is 3. The van der Waals surface area contributed by atoms with Crippen LogP contribution in [0.2, 0.25) is 0 Å². The summed E-state index contributed by atoms with van der Waals surface area (Å²) in [4.78, 5) is 16.1. The van der Waals surface area contributed by atoms with Crippen LogP contribution in [0.3, 0.4) is 0 Å². The molecule has 0 saturated heterocycles. The highest BCUT2D eigenvalue weighted by atomic mass is 127. The van der Waals surface area contributed by atoms with Crippen LogP contribution in [0.15, 0.2) is 29.3 Å². The third kappa shape index (κ3) is 9.69. The van der Waals surface area contributed by atoms with E-state index in [1.165, 1.54) is 0 Å². The van der Waals surface area contributed by atoms with E-state index in [1.54, 1.807) is 7.11 Å². The van der Waals surface area contributed by atoms with Crippen LogP contribution < -0.4 is 25.4 Å². The average molecular weight is 490 g/mol. The van der Waals surface area contributed by atoms with E-state index in [-0.39, 0.29) is 35.8 Å². The number of hydrogen-bond acceptors (Lipinski definition) is 4. The lowest BCUT2D eigenvalue weighted by Crippen LogP contribution is -2.41. The number of benzene rings is 1. The maximum atomic E-state index is 11.6. The van der Waals surface area contributed by atoms with Gasteiger partial charge in [-0.1, -0.05) is 0 Å². The molecule has 0 bridgehead atoms. The third-order valence-electron chi connectivity index (χ3n) is 3.91. The van der Waals surface area contributed by atoms with E-state index in [9.17, 15) is 4.79 Å². The standard InChI is InChI=1S/C19H30N4O3.HI/c1-3-20-19(23-13-12-21-18(24)15-5-6-15)22-11-4-14-26-17-9-7-16(25-2)8-10-17;/h7-10,15H,3-6,11-14H2,1-2H3,(H,21,24)(H2,20,22,23);1H. The molecule has 2 rings (SSSR count). The summed E-state index contributed by atoms with van der Waals surface area (Å²) in [5, 5.41) is 9.36. The summed E-state index contributed by atoms with van der Waals surface area (Å²) in [6.45, 7) is 5.36. The Balaban J connectivity index is 0.00000364. The highest BCUT2D eigenvalue weighted by Crippen LogP contribution is 2.28. The van der Waals surface area contributed by atoms with Crippen molar-refractivity contribution in [2.45, 2.75) is 26.2 Å². The first-order valence-electron chi connectivity index (χ1n) is 9.29. The second-order valence-corrected chi connectivity index (χ2v) is 6.13. The molecule has 1 aromatic rings. The van der Waals surface area contributed by atoms with E-state index >= 15 is 0 Å². The van der Waals surface area contributed by atoms with Crippen molar-refractivity contribution < 1.29 is 14.3 Å². The Bertz CT molecular complexity index is 577. The average Bonchev–Trinajstić information content (AvgIpc) is 3.50. The van der Waals surface area contributed by atoms with Crippen molar-refractivity contribution in [2.24, 2.45) is 10.9 Å². The Hall–Kier alpha value is -1.71. The van der Waals surface area contributed by atoms with Gasteiger partial charge in [0.1, 0.15) is 11.5 Å². The number of ether oxygens (including phenoxy) is 2. The van der Waals surface area contributed by atoms with Crippen molar-refractivity contribution in [3.05, 3.63) is 24.3 Å². The van der Waals surface area contributed by atoms with Crippen molar-refractivity contribution in [1.82, 2.24) is 16.0 Å². The molecule has 1 aromatic carbocycles. The fourth-order valence-electron chi connectivity index (χ4n) is 2.32. The van der Waals surface area contributed by atoms with Gasteiger partial charge in [0.2, 0.25) is 5.91 Å². The molecule has 27 heavy (non-hydrogen) atoms. The maximum absolute atomic E-state index is 11.6. The predicted octanol–water partition coefficient (Wildman–Crippen LogP) is 2.16. The lowest BCUT2D eigenvalue weighted by molar-refractivity contribution is -0.122. The van der Waals surface area contributed by atoms with E-state index in [1.807, 2.05) is 31.2 Å². The minimum absolute atomic E-state index is 0. The first kappa shape index (κ1) is 23.3. The monoisotopic (exact) mass is 490 g/mol. The first-order valence-corrected chi connectivity index (χ1v) is 9.29. The maximum Gasteiger partial charge on any atom is 0.223 e. The molecule has 0 unspecified atom stereocenters. The summed E-state index contributed by atoms with van der Waals surface area (Å²) >= 11 is 0. The fraction of sp³-hybridized carbons (Fsp3) is 0.579. The number of carbonyl (C=O) groups is 1. The zero-order valence-electron chi connectivity index (χ0n) is 16.1. The first-order chi connectivity index (χ1) is 12.7. The highest BCUT2D eigenvalue weighted by Gasteiger charge is 2.28. The molecule has 8 heteroatoms.